The topological polar surface area (TPSA) is 69.0 Å². The fraction of sp³-hybridized carbons (Fsp3) is 0.400. The SMILES string of the molecule is CCn1c(SCC(=O)NCc2ccccc2)nnc1C(C)Oc1ccc(C(C)(C)C)cc1. The lowest BCUT2D eigenvalue weighted by Crippen LogP contribution is -2.24. The number of rotatable bonds is 9. The van der Waals surface area contributed by atoms with Crippen molar-refractivity contribution in [3.63, 3.8) is 0 Å². The van der Waals surface area contributed by atoms with Gasteiger partial charge in [0.1, 0.15) is 5.75 Å². The van der Waals surface area contributed by atoms with Crippen LogP contribution in [0, 0.1) is 0 Å². The summed E-state index contributed by atoms with van der Waals surface area (Å²) in [5, 5.41) is 12.3. The van der Waals surface area contributed by atoms with Gasteiger partial charge in [0.2, 0.25) is 5.91 Å². The summed E-state index contributed by atoms with van der Waals surface area (Å²) in [6.07, 6.45) is -0.260. The first-order valence-electron chi connectivity index (χ1n) is 10.9. The lowest BCUT2D eigenvalue weighted by molar-refractivity contribution is -0.118. The van der Waals surface area contributed by atoms with Crippen molar-refractivity contribution in [1.82, 2.24) is 20.1 Å². The lowest BCUT2D eigenvalue weighted by atomic mass is 9.87. The fourth-order valence-electron chi connectivity index (χ4n) is 3.27. The first-order valence-corrected chi connectivity index (χ1v) is 11.9. The van der Waals surface area contributed by atoms with Crippen LogP contribution in [-0.4, -0.2) is 26.4 Å². The Labute approximate surface area is 194 Å². The summed E-state index contributed by atoms with van der Waals surface area (Å²) in [6, 6.07) is 18.1. The number of aromatic nitrogens is 3. The third kappa shape index (κ3) is 6.36. The van der Waals surface area contributed by atoms with Gasteiger partial charge in [-0.25, -0.2) is 0 Å². The maximum atomic E-state index is 12.3. The Kier molecular flexibility index (Phi) is 7.96. The molecule has 0 saturated carbocycles. The minimum absolute atomic E-state index is 0.0331. The second-order valence-electron chi connectivity index (χ2n) is 8.67. The molecule has 0 aliphatic rings. The molecule has 3 aromatic rings. The number of thioether (sulfide) groups is 1. The molecule has 3 rings (SSSR count). The number of benzene rings is 2. The van der Waals surface area contributed by atoms with Crippen LogP contribution in [0.25, 0.3) is 0 Å². The van der Waals surface area contributed by atoms with Gasteiger partial charge in [-0.15, -0.1) is 10.2 Å². The molecule has 1 unspecified atom stereocenters. The molecular formula is C25H32N4O2S. The molecule has 0 saturated heterocycles. The molecular weight excluding hydrogens is 420 g/mol. The van der Waals surface area contributed by atoms with Gasteiger partial charge < -0.3 is 14.6 Å². The van der Waals surface area contributed by atoms with E-state index < -0.39 is 0 Å². The summed E-state index contributed by atoms with van der Waals surface area (Å²) in [5.74, 6) is 1.80. The van der Waals surface area contributed by atoms with E-state index in [9.17, 15) is 4.79 Å². The predicted octanol–water partition coefficient (Wildman–Crippen LogP) is 5.14. The third-order valence-electron chi connectivity index (χ3n) is 5.12. The van der Waals surface area contributed by atoms with Crippen molar-refractivity contribution in [2.24, 2.45) is 0 Å². The number of ether oxygens (including phenoxy) is 1. The van der Waals surface area contributed by atoms with Crippen molar-refractivity contribution in [1.29, 1.82) is 0 Å². The molecule has 1 atom stereocenters. The van der Waals surface area contributed by atoms with E-state index in [1.54, 1.807) is 0 Å². The Hall–Kier alpha value is -2.80. The second kappa shape index (κ2) is 10.7. The largest absolute Gasteiger partial charge is 0.483 e. The Morgan fingerprint density at radius 2 is 1.78 bits per heavy atom. The summed E-state index contributed by atoms with van der Waals surface area (Å²) in [4.78, 5) is 12.3. The highest BCUT2D eigenvalue weighted by Crippen LogP contribution is 2.27. The van der Waals surface area contributed by atoms with Crippen LogP contribution in [0.15, 0.2) is 59.8 Å². The molecule has 0 bridgehead atoms. The summed E-state index contributed by atoms with van der Waals surface area (Å²) >= 11 is 1.39. The number of hydrogen-bond acceptors (Lipinski definition) is 5. The van der Waals surface area contributed by atoms with Crippen molar-refractivity contribution in [3.8, 4) is 5.75 Å². The van der Waals surface area contributed by atoms with E-state index in [1.165, 1.54) is 17.3 Å². The van der Waals surface area contributed by atoms with Crippen molar-refractivity contribution >= 4 is 17.7 Å². The highest BCUT2D eigenvalue weighted by Gasteiger charge is 2.20. The Balaban J connectivity index is 1.58. The molecule has 0 aliphatic carbocycles. The van der Waals surface area contributed by atoms with Gasteiger partial charge in [0, 0.05) is 13.1 Å². The molecule has 1 aromatic heterocycles. The fourth-order valence-corrected chi connectivity index (χ4v) is 4.11. The van der Waals surface area contributed by atoms with Gasteiger partial charge in [0.15, 0.2) is 17.1 Å². The third-order valence-corrected chi connectivity index (χ3v) is 6.09. The summed E-state index contributed by atoms with van der Waals surface area (Å²) in [7, 11) is 0. The summed E-state index contributed by atoms with van der Waals surface area (Å²) < 4.78 is 8.13. The molecule has 0 radical (unpaired) electrons. The van der Waals surface area contributed by atoms with Gasteiger partial charge in [-0.05, 0) is 42.5 Å². The molecule has 1 N–H and O–H groups in total. The molecule has 0 aliphatic heterocycles. The number of nitrogens with zero attached hydrogens (tertiary/aromatic N) is 3. The van der Waals surface area contributed by atoms with Gasteiger partial charge in [-0.3, -0.25) is 4.79 Å². The van der Waals surface area contributed by atoms with Crippen molar-refractivity contribution in [2.45, 2.75) is 64.4 Å². The Morgan fingerprint density at radius 3 is 2.41 bits per heavy atom. The minimum Gasteiger partial charge on any atom is -0.483 e. The normalized spacial score (nSPS) is 12.4. The molecule has 0 fully saturated rings. The molecule has 32 heavy (non-hydrogen) atoms. The average molecular weight is 453 g/mol. The van der Waals surface area contributed by atoms with E-state index in [-0.39, 0.29) is 23.2 Å². The Morgan fingerprint density at radius 1 is 1.09 bits per heavy atom. The van der Waals surface area contributed by atoms with E-state index in [0.29, 0.717) is 13.1 Å². The highest BCUT2D eigenvalue weighted by molar-refractivity contribution is 7.99. The van der Waals surface area contributed by atoms with Crippen LogP contribution in [0.2, 0.25) is 0 Å². The van der Waals surface area contributed by atoms with E-state index in [1.807, 2.05) is 60.9 Å². The van der Waals surface area contributed by atoms with Crippen LogP contribution >= 0.6 is 11.8 Å². The number of carbonyl (C=O) groups is 1. The van der Waals surface area contributed by atoms with Crippen LogP contribution in [0.1, 0.15) is 57.7 Å². The smallest absolute Gasteiger partial charge is 0.230 e. The lowest BCUT2D eigenvalue weighted by Gasteiger charge is -2.20. The van der Waals surface area contributed by atoms with Crippen LogP contribution in [0.5, 0.6) is 5.75 Å². The first kappa shape index (κ1) is 23.9. The van der Waals surface area contributed by atoms with Gasteiger partial charge in [0.25, 0.3) is 0 Å². The molecule has 7 heteroatoms. The van der Waals surface area contributed by atoms with Crippen LogP contribution < -0.4 is 10.1 Å². The van der Waals surface area contributed by atoms with Crippen molar-refractivity contribution in [3.05, 3.63) is 71.5 Å². The molecule has 2 aromatic carbocycles. The maximum absolute atomic E-state index is 12.3. The molecule has 0 spiro atoms. The van der Waals surface area contributed by atoms with Gasteiger partial charge in [0.05, 0.1) is 5.75 Å². The Bertz CT molecular complexity index is 1010. The highest BCUT2D eigenvalue weighted by atomic mass is 32.2. The number of nitrogens with one attached hydrogen (secondary N) is 1. The van der Waals surface area contributed by atoms with E-state index >= 15 is 0 Å². The summed E-state index contributed by atoms with van der Waals surface area (Å²) in [6.45, 7) is 11.8. The maximum Gasteiger partial charge on any atom is 0.230 e. The average Bonchev–Trinajstić information content (AvgIpc) is 3.20. The molecule has 1 amide bonds. The number of hydrogen-bond donors (Lipinski definition) is 1. The van der Waals surface area contributed by atoms with E-state index in [0.717, 1.165) is 22.3 Å². The van der Waals surface area contributed by atoms with Crippen LogP contribution in [-0.2, 0) is 23.3 Å². The summed E-state index contributed by atoms with van der Waals surface area (Å²) in [5.41, 5.74) is 2.44. The van der Waals surface area contributed by atoms with Crippen LogP contribution in [0.3, 0.4) is 0 Å². The second-order valence-corrected chi connectivity index (χ2v) is 9.61. The van der Waals surface area contributed by atoms with Gasteiger partial charge in [-0.2, -0.15) is 0 Å². The predicted molar refractivity (Wildman–Crippen MR) is 129 cm³/mol. The zero-order valence-corrected chi connectivity index (χ0v) is 20.3. The molecule has 1 heterocycles. The van der Waals surface area contributed by atoms with Crippen molar-refractivity contribution in [2.75, 3.05) is 5.75 Å². The first-order chi connectivity index (χ1) is 15.3. The minimum atomic E-state index is -0.260. The molecule has 170 valence electrons. The number of carbonyl (C=O) groups excluding carboxylic acids is 1. The number of amides is 1. The van der Waals surface area contributed by atoms with Gasteiger partial charge in [-0.1, -0.05) is 75.0 Å². The zero-order chi connectivity index (χ0) is 23.1. The zero-order valence-electron chi connectivity index (χ0n) is 19.5. The van der Waals surface area contributed by atoms with Crippen molar-refractivity contribution < 1.29 is 9.53 Å². The monoisotopic (exact) mass is 452 g/mol. The standard InChI is InChI=1S/C25H32N4O2S/c1-6-29-23(18(2)31-21-14-12-20(13-15-21)25(3,4)5)27-28-24(29)32-17-22(30)26-16-19-10-8-7-9-11-19/h7-15,18H,6,16-17H2,1-5H3,(H,26,30). The quantitative estimate of drug-likeness (QED) is 0.455. The van der Waals surface area contributed by atoms with E-state index in [4.69, 9.17) is 4.74 Å². The van der Waals surface area contributed by atoms with Gasteiger partial charge >= 0.3 is 0 Å². The van der Waals surface area contributed by atoms with E-state index in [2.05, 4.69) is 48.4 Å². The van der Waals surface area contributed by atoms with Crippen LogP contribution in [0.4, 0.5) is 0 Å². The molecule has 6 nitrogen and oxygen atoms in total.